The molecule has 0 aliphatic rings. The van der Waals surface area contributed by atoms with Crippen molar-refractivity contribution in [2.45, 2.75) is 13.8 Å². The van der Waals surface area contributed by atoms with E-state index in [-0.39, 0.29) is 5.91 Å². The van der Waals surface area contributed by atoms with Crippen molar-refractivity contribution in [1.82, 2.24) is 15.2 Å². The molecule has 0 saturated heterocycles. The molecular weight excluding hydrogens is 340 g/mol. The molecule has 0 aliphatic heterocycles. The molecule has 3 rings (SSSR count). The number of rotatable bonds is 3. The third-order valence-electron chi connectivity index (χ3n) is 2.85. The summed E-state index contributed by atoms with van der Waals surface area (Å²) in [5, 5.41) is 13.1. The number of hydrogen-bond donors (Lipinski definition) is 1. The Morgan fingerprint density at radius 1 is 1.18 bits per heavy atom. The molecule has 2 aromatic heterocycles. The molecular formula is C14H11ClN4OS2. The standard InChI is InChI=1S/C14H11ClN4OS2/c1-7-11(12(20)17-14-19-18-8(2)21-14)22-13(16-7)9-5-3-4-6-10(9)15/h3-6H,1-2H3,(H,17,19,20). The van der Waals surface area contributed by atoms with Crippen molar-refractivity contribution in [3.05, 3.63) is 44.9 Å². The highest BCUT2D eigenvalue weighted by molar-refractivity contribution is 7.17. The number of nitrogens with zero attached hydrogens (tertiary/aromatic N) is 3. The van der Waals surface area contributed by atoms with Gasteiger partial charge in [-0.1, -0.05) is 41.1 Å². The van der Waals surface area contributed by atoms with Crippen molar-refractivity contribution in [3.8, 4) is 10.6 Å². The largest absolute Gasteiger partial charge is 0.296 e. The first-order valence-electron chi connectivity index (χ1n) is 6.38. The Labute approximate surface area is 140 Å². The quantitative estimate of drug-likeness (QED) is 0.769. The van der Waals surface area contributed by atoms with Crippen molar-refractivity contribution in [2.24, 2.45) is 0 Å². The first-order valence-corrected chi connectivity index (χ1v) is 8.39. The summed E-state index contributed by atoms with van der Waals surface area (Å²) in [5.74, 6) is -0.232. The van der Waals surface area contributed by atoms with Crippen LogP contribution in [0, 0.1) is 13.8 Å². The third kappa shape index (κ3) is 3.01. The molecule has 22 heavy (non-hydrogen) atoms. The molecule has 112 valence electrons. The van der Waals surface area contributed by atoms with Crippen LogP contribution in [0.2, 0.25) is 5.02 Å². The molecule has 0 aliphatic carbocycles. The summed E-state index contributed by atoms with van der Waals surface area (Å²) in [6, 6.07) is 7.44. The lowest BCUT2D eigenvalue weighted by Crippen LogP contribution is -2.11. The van der Waals surface area contributed by atoms with E-state index in [1.54, 1.807) is 13.0 Å². The Morgan fingerprint density at radius 3 is 2.64 bits per heavy atom. The Kier molecular flexibility index (Phi) is 4.19. The average Bonchev–Trinajstić information content (AvgIpc) is 3.05. The van der Waals surface area contributed by atoms with Crippen LogP contribution in [0.1, 0.15) is 20.4 Å². The summed E-state index contributed by atoms with van der Waals surface area (Å²) >= 11 is 8.82. The SMILES string of the molecule is Cc1nnc(NC(=O)c2sc(-c3ccccc3Cl)nc2C)s1. The van der Waals surface area contributed by atoms with Crippen LogP contribution in [-0.4, -0.2) is 21.1 Å². The smallest absolute Gasteiger partial charge is 0.269 e. The van der Waals surface area contributed by atoms with Crippen LogP contribution in [0.5, 0.6) is 0 Å². The van der Waals surface area contributed by atoms with Crippen LogP contribution in [0.15, 0.2) is 24.3 Å². The number of aryl methyl sites for hydroxylation is 2. The fourth-order valence-electron chi connectivity index (χ4n) is 1.86. The molecule has 0 fully saturated rings. The van der Waals surface area contributed by atoms with Gasteiger partial charge in [0.25, 0.3) is 5.91 Å². The van der Waals surface area contributed by atoms with Crippen molar-refractivity contribution < 1.29 is 4.79 Å². The summed E-state index contributed by atoms with van der Waals surface area (Å²) in [7, 11) is 0. The normalized spacial score (nSPS) is 10.7. The number of nitrogens with one attached hydrogen (secondary N) is 1. The van der Waals surface area contributed by atoms with E-state index in [2.05, 4.69) is 20.5 Å². The monoisotopic (exact) mass is 350 g/mol. The predicted octanol–water partition coefficient (Wildman–Crippen LogP) is 4.18. The highest BCUT2D eigenvalue weighted by atomic mass is 35.5. The Hall–Kier alpha value is -1.83. The highest BCUT2D eigenvalue weighted by Crippen LogP contribution is 2.33. The third-order valence-corrected chi connectivity index (χ3v) is 5.13. The van der Waals surface area contributed by atoms with Gasteiger partial charge in [-0.15, -0.1) is 21.5 Å². The van der Waals surface area contributed by atoms with Gasteiger partial charge in [0.15, 0.2) is 0 Å². The molecule has 3 aromatic rings. The molecule has 1 amide bonds. The zero-order chi connectivity index (χ0) is 15.7. The number of carbonyl (C=O) groups is 1. The van der Waals surface area contributed by atoms with E-state index in [0.717, 1.165) is 15.6 Å². The summed E-state index contributed by atoms with van der Waals surface area (Å²) in [4.78, 5) is 17.3. The molecule has 5 nitrogen and oxygen atoms in total. The number of halogens is 1. The number of amides is 1. The maximum Gasteiger partial charge on any atom is 0.269 e. The fraction of sp³-hybridized carbons (Fsp3) is 0.143. The van der Waals surface area contributed by atoms with E-state index in [9.17, 15) is 4.79 Å². The van der Waals surface area contributed by atoms with E-state index < -0.39 is 0 Å². The molecule has 0 spiro atoms. The van der Waals surface area contributed by atoms with Gasteiger partial charge in [-0.05, 0) is 19.9 Å². The number of thiazole rings is 1. The van der Waals surface area contributed by atoms with E-state index in [1.165, 1.54) is 22.7 Å². The van der Waals surface area contributed by atoms with Crippen LogP contribution in [-0.2, 0) is 0 Å². The summed E-state index contributed by atoms with van der Waals surface area (Å²) in [6.07, 6.45) is 0. The molecule has 0 unspecified atom stereocenters. The lowest BCUT2D eigenvalue weighted by molar-refractivity contribution is 0.102. The predicted molar refractivity (Wildman–Crippen MR) is 89.9 cm³/mol. The van der Waals surface area contributed by atoms with Crippen molar-refractivity contribution in [1.29, 1.82) is 0 Å². The van der Waals surface area contributed by atoms with Crippen LogP contribution >= 0.6 is 34.3 Å². The maximum atomic E-state index is 12.3. The van der Waals surface area contributed by atoms with Crippen LogP contribution < -0.4 is 5.32 Å². The molecule has 8 heteroatoms. The van der Waals surface area contributed by atoms with Crippen molar-refractivity contribution in [2.75, 3.05) is 5.32 Å². The van der Waals surface area contributed by atoms with Crippen LogP contribution in [0.3, 0.4) is 0 Å². The molecule has 1 N–H and O–H groups in total. The van der Waals surface area contributed by atoms with Crippen LogP contribution in [0.4, 0.5) is 5.13 Å². The summed E-state index contributed by atoms with van der Waals surface area (Å²) in [6.45, 7) is 3.64. The van der Waals surface area contributed by atoms with Gasteiger partial charge >= 0.3 is 0 Å². The van der Waals surface area contributed by atoms with Gasteiger partial charge in [0.05, 0.1) is 10.7 Å². The first-order chi connectivity index (χ1) is 10.5. The Bertz CT molecular complexity index is 843. The van der Waals surface area contributed by atoms with Gasteiger partial charge in [-0.3, -0.25) is 10.1 Å². The summed E-state index contributed by atoms with van der Waals surface area (Å²) in [5.41, 5.74) is 1.49. The lowest BCUT2D eigenvalue weighted by atomic mass is 10.2. The van der Waals surface area contributed by atoms with Crippen molar-refractivity contribution >= 4 is 45.3 Å². The highest BCUT2D eigenvalue weighted by Gasteiger charge is 2.18. The zero-order valence-electron chi connectivity index (χ0n) is 11.8. The first kappa shape index (κ1) is 15.1. The topological polar surface area (TPSA) is 67.8 Å². The Balaban J connectivity index is 1.89. The second-order valence-corrected chi connectivity index (χ2v) is 7.08. The Morgan fingerprint density at radius 2 is 1.95 bits per heavy atom. The van der Waals surface area contributed by atoms with Gasteiger partial charge in [0.2, 0.25) is 5.13 Å². The number of anilines is 1. The lowest BCUT2D eigenvalue weighted by Gasteiger charge is -1.98. The minimum absolute atomic E-state index is 0.232. The second-order valence-electron chi connectivity index (χ2n) is 4.49. The van der Waals surface area contributed by atoms with E-state index in [1.807, 2.05) is 25.1 Å². The molecule has 0 radical (unpaired) electrons. The van der Waals surface area contributed by atoms with Gasteiger partial charge in [-0.25, -0.2) is 4.98 Å². The number of benzene rings is 1. The van der Waals surface area contributed by atoms with Gasteiger partial charge in [0, 0.05) is 5.56 Å². The number of carbonyl (C=O) groups excluding carboxylic acids is 1. The van der Waals surface area contributed by atoms with E-state index >= 15 is 0 Å². The molecule has 0 saturated carbocycles. The number of aromatic nitrogens is 3. The molecule has 1 aromatic carbocycles. The van der Waals surface area contributed by atoms with Gasteiger partial charge in [-0.2, -0.15) is 0 Å². The summed E-state index contributed by atoms with van der Waals surface area (Å²) < 4.78 is 0. The molecule has 0 atom stereocenters. The van der Waals surface area contributed by atoms with E-state index in [0.29, 0.717) is 20.7 Å². The second kappa shape index (κ2) is 6.12. The minimum Gasteiger partial charge on any atom is -0.296 e. The molecule has 0 bridgehead atoms. The van der Waals surface area contributed by atoms with E-state index in [4.69, 9.17) is 11.6 Å². The molecule has 2 heterocycles. The van der Waals surface area contributed by atoms with Gasteiger partial charge in [0.1, 0.15) is 14.9 Å². The van der Waals surface area contributed by atoms with Crippen LogP contribution in [0.25, 0.3) is 10.6 Å². The van der Waals surface area contributed by atoms with Crippen molar-refractivity contribution in [3.63, 3.8) is 0 Å². The average molecular weight is 351 g/mol. The van der Waals surface area contributed by atoms with Gasteiger partial charge < -0.3 is 0 Å². The number of hydrogen-bond acceptors (Lipinski definition) is 6. The zero-order valence-corrected chi connectivity index (χ0v) is 14.1. The fourth-order valence-corrected chi connectivity index (χ4v) is 3.73. The minimum atomic E-state index is -0.232. The maximum absolute atomic E-state index is 12.3.